The molecule has 1 aliphatic rings. The molecule has 0 saturated carbocycles. The van der Waals surface area contributed by atoms with Gasteiger partial charge in [0.15, 0.2) is 17.1 Å². The van der Waals surface area contributed by atoms with Crippen molar-refractivity contribution >= 4 is 63.9 Å². The number of para-hydroxylation sites is 2. The first kappa shape index (κ1) is 34.8. The average Bonchev–Trinajstić information content (AvgIpc) is 3.75. The third-order valence-electron chi connectivity index (χ3n) is 8.41. The molecule has 12 heteroatoms. The summed E-state index contributed by atoms with van der Waals surface area (Å²) in [4.78, 5) is 59.5. The Morgan fingerprint density at radius 3 is 2.28 bits per heavy atom. The van der Waals surface area contributed by atoms with Gasteiger partial charge in [-0.2, -0.15) is 0 Å². The quantitative estimate of drug-likeness (QED) is 0.104. The normalized spacial score (nSPS) is 14.3. The number of methoxy groups -OCH3 is 2. The Labute approximate surface area is 308 Å². The number of hydrogen-bond acceptors (Lipinski definition) is 9. The number of carbonyl (C=O) groups is 4. The van der Waals surface area contributed by atoms with Crippen LogP contribution in [0, 0.1) is 0 Å². The van der Waals surface area contributed by atoms with E-state index >= 15 is 0 Å². The zero-order valence-electron chi connectivity index (χ0n) is 28.6. The van der Waals surface area contributed by atoms with Gasteiger partial charge in [-0.15, -0.1) is 11.8 Å². The molecule has 1 fully saturated rings. The van der Waals surface area contributed by atoms with Crippen LogP contribution in [0.15, 0.2) is 136 Å². The van der Waals surface area contributed by atoms with Gasteiger partial charge in [-0.25, -0.2) is 9.88 Å². The molecule has 7 rings (SSSR count). The number of hydrogen-bond donors (Lipinski definition) is 2. The number of fused-ring (bicyclic) bond motifs is 1. The predicted octanol–water partition coefficient (Wildman–Crippen LogP) is 7.35. The number of ether oxygens (including phenoxy) is 2. The molecular weight excluding hydrogens is 693 g/mol. The number of carbonyl (C=O) groups excluding carboxylic acids is 4. The molecule has 1 atom stereocenters. The monoisotopic (exact) mass is 724 g/mol. The van der Waals surface area contributed by atoms with Crippen LogP contribution in [-0.4, -0.2) is 48.1 Å². The summed E-state index contributed by atoms with van der Waals surface area (Å²) in [6.07, 6.45) is 1.58. The molecule has 1 unspecified atom stereocenters. The van der Waals surface area contributed by atoms with Gasteiger partial charge in [0.25, 0.3) is 11.8 Å². The number of nitrogens with one attached hydrogen (secondary N) is 2. The highest BCUT2D eigenvalue weighted by Crippen LogP contribution is 2.35. The first-order chi connectivity index (χ1) is 25.8. The zero-order chi connectivity index (χ0) is 36.9. The lowest BCUT2D eigenvalue weighted by molar-refractivity contribution is -0.121. The van der Waals surface area contributed by atoms with Gasteiger partial charge in [-0.1, -0.05) is 36.4 Å². The smallest absolute Gasteiger partial charge is 0.272 e. The van der Waals surface area contributed by atoms with Crippen LogP contribution in [0.1, 0.15) is 22.3 Å². The van der Waals surface area contributed by atoms with Crippen molar-refractivity contribution in [2.75, 3.05) is 24.4 Å². The standard InChI is InChI=1S/C41H32N4O7S/c1-50-34-21-12-25(23-35(34)51-2)22-32(43-38(47)26-8-4-3-5-9-26)39(48)42-28-15-19-30(20-16-28)53-36-24-37(46)45(41(36)49)29-17-13-27(14-18-29)40-44-31-10-6-7-11-33(31)52-40/h3-23,36H,24H2,1-2H3,(H,42,48)(H,43,47)/b32-22-. The van der Waals surface area contributed by atoms with Gasteiger partial charge in [0, 0.05) is 28.1 Å². The largest absolute Gasteiger partial charge is 0.493 e. The van der Waals surface area contributed by atoms with E-state index in [1.54, 1.807) is 103 Å². The Balaban J connectivity index is 1.02. The van der Waals surface area contributed by atoms with Gasteiger partial charge in [0.05, 0.1) is 25.2 Å². The number of oxazole rings is 1. The molecule has 6 aromatic rings. The van der Waals surface area contributed by atoms with Gasteiger partial charge < -0.3 is 24.5 Å². The number of thioether (sulfide) groups is 1. The minimum absolute atomic E-state index is 0.00145. The van der Waals surface area contributed by atoms with Gasteiger partial charge in [-0.05, 0) is 96.6 Å². The Bertz CT molecular complexity index is 2320. The van der Waals surface area contributed by atoms with Crippen LogP contribution in [0.25, 0.3) is 28.6 Å². The SMILES string of the molecule is COc1ccc(/C=C(\NC(=O)c2ccccc2)C(=O)Nc2ccc(SC3CC(=O)N(c4ccc(-c5nc6ccccc6o5)cc4)C3=O)cc2)cc1OC. The van der Waals surface area contributed by atoms with Crippen molar-refractivity contribution in [3.05, 3.63) is 138 Å². The van der Waals surface area contributed by atoms with Crippen molar-refractivity contribution < 1.29 is 33.1 Å². The summed E-state index contributed by atoms with van der Waals surface area (Å²) < 4.78 is 16.6. The van der Waals surface area contributed by atoms with E-state index in [0.29, 0.717) is 45.5 Å². The maximum absolute atomic E-state index is 13.6. The zero-order valence-corrected chi connectivity index (χ0v) is 29.4. The van der Waals surface area contributed by atoms with Crippen molar-refractivity contribution in [2.24, 2.45) is 0 Å². The first-order valence-corrected chi connectivity index (χ1v) is 17.4. The number of imide groups is 1. The molecule has 11 nitrogen and oxygen atoms in total. The fraction of sp³-hybridized carbons (Fsp3) is 0.0976. The maximum atomic E-state index is 13.6. The molecule has 1 aromatic heterocycles. The summed E-state index contributed by atoms with van der Waals surface area (Å²) in [5, 5.41) is 4.93. The Morgan fingerprint density at radius 1 is 0.849 bits per heavy atom. The number of aromatic nitrogens is 1. The van der Waals surface area contributed by atoms with E-state index in [2.05, 4.69) is 15.6 Å². The molecule has 2 N–H and O–H groups in total. The molecule has 264 valence electrons. The van der Waals surface area contributed by atoms with Crippen LogP contribution in [0.2, 0.25) is 0 Å². The van der Waals surface area contributed by atoms with E-state index in [0.717, 1.165) is 16.0 Å². The van der Waals surface area contributed by atoms with E-state index in [9.17, 15) is 19.2 Å². The second-order valence-electron chi connectivity index (χ2n) is 11.9. The number of nitrogens with zero attached hydrogens (tertiary/aromatic N) is 2. The molecule has 0 spiro atoms. The highest BCUT2D eigenvalue weighted by atomic mass is 32.2. The van der Waals surface area contributed by atoms with Crippen LogP contribution >= 0.6 is 11.8 Å². The van der Waals surface area contributed by atoms with Gasteiger partial charge in [-0.3, -0.25) is 19.2 Å². The van der Waals surface area contributed by atoms with Crippen LogP contribution in [0.3, 0.4) is 0 Å². The number of benzene rings is 5. The molecule has 0 radical (unpaired) electrons. The summed E-state index contributed by atoms with van der Waals surface area (Å²) in [7, 11) is 3.04. The van der Waals surface area contributed by atoms with Crippen LogP contribution in [0.5, 0.6) is 11.5 Å². The number of amides is 4. The molecule has 5 aromatic carbocycles. The van der Waals surface area contributed by atoms with Crippen molar-refractivity contribution in [2.45, 2.75) is 16.6 Å². The molecule has 0 bridgehead atoms. The molecular formula is C41H32N4O7S. The minimum Gasteiger partial charge on any atom is -0.493 e. The highest BCUT2D eigenvalue weighted by Gasteiger charge is 2.40. The summed E-state index contributed by atoms with van der Waals surface area (Å²) in [5.74, 6) is -0.189. The molecule has 2 heterocycles. The Hall–Kier alpha value is -6.66. The van der Waals surface area contributed by atoms with Crippen LogP contribution in [0.4, 0.5) is 11.4 Å². The lowest BCUT2D eigenvalue weighted by Crippen LogP contribution is -2.31. The van der Waals surface area contributed by atoms with E-state index in [1.165, 1.54) is 30.9 Å². The van der Waals surface area contributed by atoms with Crippen molar-refractivity contribution in [3.8, 4) is 23.0 Å². The lowest BCUT2D eigenvalue weighted by Gasteiger charge is -2.15. The highest BCUT2D eigenvalue weighted by molar-refractivity contribution is 8.00. The molecule has 53 heavy (non-hydrogen) atoms. The van der Waals surface area contributed by atoms with E-state index in [1.807, 2.05) is 24.3 Å². The van der Waals surface area contributed by atoms with Gasteiger partial charge in [0.1, 0.15) is 11.2 Å². The van der Waals surface area contributed by atoms with E-state index in [-0.39, 0.29) is 23.9 Å². The third-order valence-corrected chi connectivity index (χ3v) is 9.61. The third kappa shape index (κ3) is 7.67. The van der Waals surface area contributed by atoms with E-state index in [4.69, 9.17) is 13.9 Å². The summed E-state index contributed by atoms with van der Waals surface area (Å²) in [5.41, 5.74) is 4.05. The summed E-state index contributed by atoms with van der Waals surface area (Å²) in [6, 6.07) is 35.0. The molecule has 1 saturated heterocycles. The second-order valence-corrected chi connectivity index (χ2v) is 13.2. The summed E-state index contributed by atoms with van der Waals surface area (Å²) in [6.45, 7) is 0. The predicted molar refractivity (Wildman–Crippen MR) is 203 cm³/mol. The Morgan fingerprint density at radius 2 is 1.57 bits per heavy atom. The van der Waals surface area contributed by atoms with Crippen molar-refractivity contribution in [1.82, 2.24) is 10.3 Å². The molecule has 0 aliphatic carbocycles. The maximum Gasteiger partial charge on any atom is 0.272 e. The van der Waals surface area contributed by atoms with Gasteiger partial charge >= 0.3 is 0 Å². The van der Waals surface area contributed by atoms with Crippen LogP contribution < -0.4 is 25.0 Å². The van der Waals surface area contributed by atoms with Crippen LogP contribution in [-0.2, 0) is 14.4 Å². The number of anilines is 2. The Kier molecular flexibility index (Phi) is 10.0. The first-order valence-electron chi connectivity index (χ1n) is 16.5. The lowest BCUT2D eigenvalue weighted by atomic mass is 10.1. The second kappa shape index (κ2) is 15.3. The fourth-order valence-electron chi connectivity index (χ4n) is 5.75. The minimum atomic E-state index is -0.621. The average molecular weight is 725 g/mol. The summed E-state index contributed by atoms with van der Waals surface area (Å²) >= 11 is 1.27. The number of rotatable bonds is 11. The topological polar surface area (TPSA) is 140 Å². The fourth-order valence-corrected chi connectivity index (χ4v) is 6.80. The van der Waals surface area contributed by atoms with Crippen molar-refractivity contribution in [1.29, 1.82) is 0 Å². The molecule has 1 aliphatic heterocycles. The van der Waals surface area contributed by atoms with Gasteiger partial charge in [0.2, 0.25) is 17.7 Å². The van der Waals surface area contributed by atoms with E-state index < -0.39 is 17.1 Å². The van der Waals surface area contributed by atoms with Crippen molar-refractivity contribution in [3.63, 3.8) is 0 Å². The molecule has 4 amide bonds.